The molecule has 1 saturated carbocycles. The van der Waals surface area contributed by atoms with Gasteiger partial charge in [0.05, 0.1) is 5.56 Å². The molecule has 0 atom stereocenters. The van der Waals surface area contributed by atoms with Crippen LogP contribution in [0.25, 0.3) is 0 Å². The highest BCUT2D eigenvalue weighted by molar-refractivity contribution is 6.14. The second kappa shape index (κ2) is 8.27. The maximum absolute atomic E-state index is 12.6. The van der Waals surface area contributed by atoms with E-state index >= 15 is 0 Å². The lowest BCUT2D eigenvalue weighted by Gasteiger charge is -2.09. The lowest BCUT2D eigenvalue weighted by molar-refractivity contribution is -0.123. The van der Waals surface area contributed by atoms with Crippen molar-refractivity contribution in [3.05, 3.63) is 71.3 Å². The summed E-state index contributed by atoms with van der Waals surface area (Å²) in [5.74, 6) is -1.88. The van der Waals surface area contributed by atoms with Gasteiger partial charge in [0.2, 0.25) is 0 Å². The zero-order chi connectivity index (χ0) is 19.2. The summed E-state index contributed by atoms with van der Waals surface area (Å²) in [5.41, 5.74) is 0.675. The second-order valence-electron chi connectivity index (χ2n) is 6.11. The topological polar surface area (TPSA) is 102 Å². The molecule has 7 nitrogen and oxygen atoms in total. The number of ether oxygens (including phenoxy) is 1. The van der Waals surface area contributed by atoms with Gasteiger partial charge in [-0.15, -0.1) is 0 Å². The van der Waals surface area contributed by atoms with Crippen molar-refractivity contribution in [1.29, 1.82) is 0 Å². The number of nitrogens with one attached hydrogen (secondary N) is 2. The number of amides is 3. The van der Waals surface area contributed by atoms with E-state index in [0.717, 1.165) is 12.8 Å². The number of imide groups is 1. The van der Waals surface area contributed by atoms with Crippen molar-refractivity contribution in [3.63, 3.8) is 0 Å². The van der Waals surface area contributed by atoms with E-state index in [1.807, 2.05) is 0 Å². The van der Waals surface area contributed by atoms with Gasteiger partial charge < -0.3 is 10.1 Å². The molecule has 0 radical (unpaired) electrons. The minimum Gasteiger partial charge on any atom is -0.452 e. The third-order valence-corrected chi connectivity index (χ3v) is 3.93. The molecule has 0 aromatic heterocycles. The zero-order valence-electron chi connectivity index (χ0n) is 14.4. The fourth-order valence-electron chi connectivity index (χ4n) is 2.42. The molecule has 1 fully saturated rings. The van der Waals surface area contributed by atoms with Gasteiger partial charge in [0.15, 0.2) is 12.4 Å². The summed E-state index contributed by atoms with van der Waals surface area (Å²) in [7, 11) is 0. The molecule has 3 amide bonds. The highest BCUT2D eigenvalue weighted by Gasteiger charge is 2.24. The Hall–Kier alpha value is -3.48. The van der Waals surface area contributed by atoms with E-state index in [9.17, 15) is 19.2 Å². The average Bonchev–Trinajstić information content (AvgIpc) is 3.50. The highest BCUT2D eigenvalue weighted by Crippen LogP contribution is 2.18. The van der Waals surface area contributed by atoms with E-state index in [0.29, 0.717) is 5.56 Å². The van der Waals surface area contributed by atoms with Crippen LogP contribution in [0.2, 0.25) is 0 Å². The molecule has 2 aromatic carbocycles. The molecule has 0 saturated heterocycles. The second-order valence-corrected chi connectivity index (χ2v) is 6.11. The van der Waals surface area contributed by atoms with Crippen molar-refractivity contribution in [2.75, 3.05) is 6.61 Å². The third kappa shape index (κ3) is 5.01. The van der Waals surface area contributed by atoms with Crippen molar-refractivity contribution in [3.8, 4) is 0 Å². The fourth-order valence-corrected chi connectivity index (χ4v) is 2.42. The van der Waals surface area contributed by atoms with Gasteiger partial charge in [-0.2, -0.15) is 0 Å². The first kappa shape index (κ1) is 18.3. The molecule has 27 heavy (non-hydrogen) atoms. The quantitative estimate of drug-likeness (QED) is 0.602. The summed E-state index contributed by atoms with van der Waals surface area (Å²) >= 11 is 0. The molecule has 0 heterocycles. The number of rotatable bonds is 6. The summed E-state index contributed by atoms with van der Waals surface area (Å²) in [5, 5.41) is 4.68. The van der Waals surface area contributed by atoms with Crippen LogP contribution in [0.1, 0.15) is 39.1 Å². The van der Waals surface area contributed by atoms with Crippen molar-refractivity contribution >= 4 is 23.7 Å². The summed E-state index contributed by atoms with van der Waals surface area (Å²) in [6, 6.07) is 14.3. The Balaban J connectivity index is 1.62. The summed E-state index contributed by atoms with van der Waals surface area (Å²) in [6.45, 7) is -0.620. The summed E-state index contributed by atoms with van der Waals surface area (Å²) < 4.78 is 4.95. The zero-order valence-corrected chi connectivity index (χ0v) is 14.4. The molecule has 138 valence electrons. The molecule has 3 rings (SSSR count). The van der Waals surface area contributed by atoms with Crippen molar-refractivity contribution in [1.82, 2.24) is 10.6 Å². The number of esters is 1. The van der Waals surface area contributed by atoms with Gasteiger partial charge >= 0.3 is 12.0 Å². The van der Waals surface area contributed by atoms with Gasteiger partial charge in [-0.1, -0.05) is 48.5 Å². The molecule has 2 N–H and O–H groups in total. The number of carbonyl (C=O) groups excluding carboxylic acids is 4. The van der Waals surface area contributed by atoms with Gasteiger partial charge in [-0.05, 0) is 18.9 Å². The molecule has 2 aromatic rings. The minimum absolute atomic E-state index is 0.0570. The van der Waals surface area contributed by atoms with Crippen LogP contribution in [-0.2, 0) is 9.53 Å². The van der Waals surface area contributed by atoms with Crippen LogP contribution >= 0.6 is 0 Å². The average molecular weight is 366 g/mol. The van der Waals surface area contributed by atoms with E-state index < -0.39 is 24.5 Å². The van der Waals surface area contributed by atoms with Crippen molar-refractivity contribution in [2.24, 2.45) is 0 Å². The number of urea groups is 1. The molecule has 0 spiro atoms. The van der Waals surface area contributed by atoms with Gasteiger partial charge in [-0.25, -0.2) is 9.59 Å². The Kier molecular flexibility index (Phi) is 5.61. The van der Waals surface area contributed by atoms with Gasteiger partial charge in [0.1, 0.15) is 0 Å². The molecular formula is C20H18N2O5. The molecule has 1 aliphatic carbocycles. The number of benzene rings is 2. The molecule has 1 aliphatic rings. The first-order chi connectivity index (χ1) is 13.0. The van der Waals surface area contributed by atoms with Crippen molar-refractivity contribution < 1.29 is 23.9 Å². The van der Waals surface area contributed by atoms with Crippen LogP contribution in [-0.4, -0.2) is 36.3 Å². The lowest BCUT2D eigenvalue weighted by atomic mass is 9.98. The monoisotopic (exact) mass is 366 g/mol. The predicted molar refractivity (Wildman–Crippen MR) is 96.3 cm³/mol. The predicted octanol–water partition coefficient (Wildman–Crippen LogP) is 2.06. The van der Waals surface area contributed by atoms with Crippen LogP contribution in [0, 0.1) is 0 Å². The van der Waals surface area contributed by atoms with E-state index in [4.69, 9.17) is 4.74 Å². The van der Waals surface area contributed by atoms with Crippen LogP contribution in [0.3, 0.4) is 0 Å². The SMILES string of the molecule is O=C(COC(=O)c1ccccc1C(=O)c1ccccc1)NC(=O)NC1CC1. The lowest BCUT2D eigenvalue weighted by Crippen LogP contribution is -2.42. The maximum Gasteiger partial charge on any atom is 0.339 e. The van der Waals surface area contributed by atoms with Gasteiger partial charge in [0, 0.05) is 17.2 Å². The third-order valence-electron chi connectivity index (χ3n) is 3.93. The molecule has 0 aliphatic heterocycles. The standard InChI is InChI=1S/C20H18N2O5/c23-17(22-20(26)21-14-10-11-14)12-27-19(25)16-9-5-4-8-15(16)18(24)13-6-2-1-3-7-13/h1-9,14H,10-12H2,(H2,21,22,23,26). The normalized spacial score (nSPS) is 12.7. The molecule has 0 bridgehead atoms. The number of ketones is 1. The first-order valence-corrected chi connectivity index (χ1v) is 8.51. The Labute approximate surface area is 155 Å². The summed E-state index contributed by atoms with van der Waals surface area (Å²) in [4.78, 5) is 48.2. The van der Waals surface area contributed by atoms with Crippen molar-refractivity contribution in [2.45, 2.75) is 18.9 Å². The van der Waals surface area contributed by atoms with Gasteiger partial charge in [-0.3, -0.25) is 14.9 Å². The van der Waals surface area contributed by atoms with E-state index in [-0.39, 0.29) is 23.0 Å². The largest absolute Gasteiger partial charge is 0.452 e. The van der Waals surface area contributed by atoms with E-state index in [1.165, 1.54) is 12.1 Å². The Morgan fingerprint density at radius 1 is 0.889 bits per heavy atom. The van der Waals surface area contributed by atoms with Gasteiger partial charge in [0.25, 0.3) is 5.91 Å². The fraction of sp³-hybridized carbons (Fsp3) is 0.200. The molecule has 0 unspecified atom stereocenters. The summed E-state index contributed by atoms with van der Waals surface area (Å²) in [6.07, 6.45) is 1.78. The number of hydrogen-bond acceptors (Lipinski definition) is 5. The highest BCUT2D eigenvalue weighted by atomic mass is 16.5. The smallest absolute Gasteiger partial charge is 0.339 e. The number of hydrogen-bond donors (Lipinski definition) is 2. The Morgan fingerprint density at radius 3 is 2.19 bits per heavy atom. The Bertz CT molecular complexity index is 875. The molecular weight excluding hydrogens is 348 g/mol. The van der Waals surface area contributed by atoms with Crippen LogP contribution in [0.5, 0.6) is 0 Å². The van der Waals surface area contributed by atoms with Crippen LogP contribution in [0.4, 0.5) is 4.79 Å². The number of carbonyl (C=O) groups is 4. The minimum atomic E-state index is -0.812. The maximum atomic E-state index is 12.6. The Morgan fingerprint density at radius 2 is 1.52 bits per heavy atom. The molecule has 7 heteroatoms. The van der Waals surface area contributed by atoms with Crippen LogP contribution in [0.15, 0.2) is 54.6 Å². The van der Waals surface area contributed by atoms with E-state index in [2.05, 4.69) is 10.6 Å². The van der Waals surface area contributed by atoms with Crippen LogP contribution < -0.4 is 10.6 Å². The first-order valence-electron chi connectivity index (χ1n) is 8.51. The van der Waals surface area contributed by atoms with E-state index in [1.54, 1.807) is 42.5 Å².